The molecule has 104 valence electrons. The Balaban J connectivity index is 1.97. The Bertz CT molecular complexity index is 811. The van der Waals surface area contributed by atoms with E-state index in [9.17, 15) is 4.79 Å². The average molecular weight is 300 g/mol. The minimum absolute atomic E-state index is 0.158. The maximum atomic E-state index is 12.3. The van der Waals surface area contributed by atoms with Crippen molar-refractivity contribution in [3.63, 3.8) is 0 Å². The second kappa shape index (κ2) is 5.41. The second-order valence-electron chi connectivity index (χ2n) is 4.34. The van der Waals surface area contributed by atoms with Gasteiger partial charge in [0.2, 0.25) is 5.95 Å². The van der Waals surface area contributed by atoms with E-state index in [0.717, 1.165) is 0 Å². The number of hydrogen-bond donors (Lipinski definition) is 1. The molecule has 0 aliphatic rings. The first-order valence-electron chi connectivity index (χ1n) is 6.16. The molecule has 0 unspecified atom stereocenters. The fourth-order valence-corrected chi connectivity index (χ4v) is 2.17. The lowest BCUT2D eigenvalue weighted by Crippen LogP contribution is -2.15. The summed E-state index contributed by atoms with van der Waals surface area (Å²) in [6.45, 7) is 1.77. The first-order chi connectivity index (χ1) is 10.1. The van der Waals surface area contributed by atoms with Crippen LogP contribution < -0.4 is 5.32 Å². The molecule has 0 bridgehead atoms. The van der Waals surface area contributed by atoms with Crippen LogP contribution in [0.5, 0.6) is 0 Å². The Hall–Kier alpha value is -2.60. The van der Waals surface area contributed by atoms with Crippen LogP contribution in [0.15, 0.2) is 36.7 Å². The lowest BCUT2D eigenvalue weighted by molar-refractivity contribution is 0.102. The van der Waals surface area contributed by atoms with Gasteiger partial charge in [0.05, 0.1) is 11.1 Å². The van der Waals surface area contributed by atoms with Gasteiger partial charge in [-0.1, -0.05) is 17.7 Å². The molecule has 7 heteroatoms. The molecule has 6 nitrogen and oxygen atoms in total. The van der Waals surface area contributed by atoms with Crippen molar-refractivity contribution in [2.45, 2.75) is 6.92 Å². The van der Waals surface area contributed by atoms with Gasteiger partial charge in [-0.3, -0.25) is 20.1 Å². The van der Waals surface area contributed by atoms with Crippen LogP contribution in [0.4, 0.5) is 5.95 Å². The number of aromatic nitrogens is 4. The van der Waals surface area contributed by atoms with Gasteiger partial charge in [0.1, 0.15) is 10.7 Å². The number of rotatable bonds is 2. The highest BCUT2D eigenvalue weighted by atomic mass is 35.5. The molecule has 0 saturated carbocycles. The number of nitrogens with zero attached hydrogens (tertiary/aromatic N) is 4. The number of fused-ring (bicyclic) bond motifs is 1. The fourth-order valence-electron chi connectivity index (χ4n) is 1.93. The van der Waals surface area contributed by atoms with Gasteiger partial charge in [0.15, 0.2) is 0 Å². The van der Waals surface area contributed by atoms with Crippen LogP contribution in [-0.2, 0) is 0 Å². The Labute approximate surface area is 125 Å². The summed E-state index contributed by atoms with van der Waals surface area (Å²) < 4.78 is 0. The number of aryl methyl sites for hydroxylation is 1. The molecule has 1 N–H and O–H groups in total. The number of hydrogen-bond acceptors (Lipinski definition) is 5. The van der Waals surface area contributed by atoms with E-state index in [-0.39, 0.29) is 17.0 Å². The summed E-state index contributed by atoms with van der Waals surface area (Å²) in [6, 6.07) is 6.82. The van der Waals surface area contributed by atoms with E-state index in [0.29, 0.717) is 22.3 Å². The Kier molecular flexibility index (Phi) is 3.45. The van der Waals surface area contributed by atoms with Gasteiger partial charge in [0.25, 0.3) is 5.91 Å². The highest BCUT2D eigenvalue weighted by Crippen LogP contribution is 2.16. The zero-order valence-corrected chi connectivity index (χ0v) is 11.8. The molecule has 0 spiro atoms. The van der Waals surface area contributed by atoms with Crippen molar-refractivity contribution in [1.82, 2.24) is 19.9 Å². The predicted octanol–water partition coefficient (Wildman–Crippen LogP) is 2.63. The van der Waals surface area contributed by atoms with Crippen molar-refractivity contribution in [1.29, 1.82) is 0 Å². The van der Waals surface area contributed by atoms with E-state index in [1.54, 1.807) is 43.6 Å². The van der Waals surface area contributed by atoms with E-state index >= 15 is 0 Å². The second-order valence-corrected chi connectivity index (χ2v) is 4.73. The smallest absolute Gasteiger partial charge is 0.260 e. The summed E-state index contributed by atoms with van der Waals surface area (Å²) in [5.74, 6) is -0.200. The number of para-hydroxylation sites is 1. The highest BCUT2D eigenvalue weighted by Gasteiger charge is 2.13. The molecule has 3 aromatic rings. The number of benzene rings is 1. The van der Waals surface area contributed by atoms with Gasteiger partial charge >= 0.3 is 0 Å². The van der Waals surface area contributed by atoms with Gasteiger partial charge in [-0.05, 0) is 25.1 Å². The number of carbonyl (C=O) groups excluding carboxylic acids is 1. The van der Waals surface area contributed by atoms with E-state index in [4.69, 9.17) is 11.6 Å². The van der Waals surface area contributed by atoms with Crippen molar-refractivity contribution in [2.75, 3.05) is 5.32 Å². The van der Waals surface area contributed by atoms with E-state index in [1.165, 1.54) is 0 Å². The largest absolute Gasteiger partial charge is 0.290 e. The van der Waals surface area contributed by atoms with Crippen LogP contribution in [0, 0.1) is 6.92 Å². The first-order valence-corrected chi connectivity index (χ1v) is 6.53. The van der Waals surface area contributed by atoms with E-state index in [1.807, 2.05) is 0 Å². The van der Waals surface area contributed by atoms with E-state index < -0.39 is 0 Å². The van der Waals surface area contributed by atoms with Crippen LogP contribution >= 0.6 is 11.6 Å². The Morgan fingerprint density at radius 3 is 2.81 bits per heavy atom. The molecule has 1 amide bonds. The summed E-state index contributed by atoms with van der Waals surface area (Å²) in [4.78, 5) is 28.8. The van der Waals surface area contributed by atoms with Crippen molar-refractivity contribution >= 4 is 34.5 Å². The van der Waals surface area contributed by atoms with Crippen molar-refractivity contribution < 1.29 is 4.79 Å². The summed E-state index contributed by atoms with van der Waals surface area (Å²) in [6.07, 6.45) is 3.12. The first kappa shape index (κ1) is 13.4. The van der Waals surface area contributed by atoms with Gasteiger partial charge in [-0.25, -0.2) is 9.97 Å². The maximum Gasteiger partial charge on any atom is 0.260 e. The normalized spacial score (nSPS) is 10.6. The number of carbonyl (C=O) groups is 1. The molecule has 0 radical (unpaired) electrons. The lowest BCUT2D eigenvalue weighted by atomic mass is 10.1. The topological polar surface area (TPSA) is 80.7 Å². The standard InChI is InChI=1S/C14H10ClN5O/c1-8-7-11(15)19-14(18-8)20-13(21)9-3-2-4-10-12(9)17-6-5-16-10/h2-7H,1H3,(H,18,19,20,21). The van der Waals surface area contributed by atoms with Crippen LogP contribution in [0.2, 0.25) is 5.15 Å². The third-order valence-electron chi connectivity index (χ3n) is 2.79. The minimum Gasteiger partial charge on any atom is -0.290 e. The van der Waals surface area contributed by atoms with Crippen LogP contribution in [-0.4, -0.2) is 25.8 Å². The Morgan fingerprint density at radius 2 is 2.00 bits per heavy atom. The highest BCUT2D eigenvalue weighted by molar-refractivity contribution is 6.29. The molecule has 2 aromatic heterocycles. The Morgan fingerprint density at radius 1 is 1.19 bits per heavy atom. The quantitative estimate of drug-likeness (QED) is 0.736. The molecular weight excluding hydrogens is 290 g/mol. The van der Waals surface area contributed by atoms with Crippen LogP contribution in [0.3, 0.4) is 0 Å². The van der Waals surface area contributed by atoms with Gasteiger partial charge in [-0.15, -0.1) is 0 Å². The predicted molar refractivity (Wildman–Crippen MR) is 79.3 cm³/mol. The molecule has 3 rings (SSSR count). The zero-order chi connectivity index (χ0) is 14.8. The monoisotopic (exact) mass is 299 g/mol. The minimum atomic E-state index is -0.359. The van der Waals surface area contributed by atoms with Gasteiger partial charge in [-0.2, -0.15) is 0 Å². The summed E-state index contributed by atoms with van der Waals surface area (Å²) in [5.41, 5.74) is 2.24. The number of amides is 1. The molecule has 0 saturated heterocycles. The van der Waals surface area contributed by atoms with Crippen molar-refractivity contribution in [2.24, 2.45) is 0 Å². The fraction of sp³-hybridized carbons (Fsp3) is 0.0714. The SMILES string of the molecule is Cc1cc(Cl)nc(NC(=O)c2cccc3nccnc23)n1. The third-order valence-corrected chi connectivity index (χ3v) is 2.99. The van der Waals surface area contributed by atoms with Crippen molar-refractivity contribution in [3.05, 3.63) is 53.1 Å². The molecular formula is C14H10ClN5O. The van der Waals surface area contributed by atoms with E-state index in [2.05, 4.69) is 25.3 Å². The third kappa shape index (κ3) is 2.80. The summed E-state index contributed by atoms with van der Waals surface area (Å²) >= 11 is 5.85. The van der Waals surface area contributed by atoms with Crippen LogP contribution in [0.25, 0.3) is 11.0 Å². The summed E-state index contributed by atoms with van der Waals surface area (Å²) in [7, 11) is 0. The van der Waals surface area contributed by atoms with Gasteiger partial charge < -0.3 is 0 Å². The zero-order valence-electron chi connectivity index (χ0n) is 11.0. The van der Waals surface area contributed by atoms with Crippen molar-refractivity contribution in [3.8, 4) is 0 Å². The lowest BCUT2D eigenvalue weighted by Gasteiger charge is -2.06. The maximum absolute atomic E-state index is 12.3. The molecule has 0 aliphatic carbocycles. The molecule has 1 aromatic carbocycles. The molecule has 21 heavy (non-hydrogen) atoms. The number of nitrogens with one attached hydrogen (secondary N) is 1. The molecule has 2 heterocycles. The van der Waals surface area contributed by atoms with Gasteiger partial charge in [0, 0.05) is 18.1 Å². The molecule has 0 aliphatic heterocycles. The number of halogens is 1. The average Bonchev–Trinajstić information content (AvgIpc) is 2.45. The summed E-state index contributed by atoms with van der Waals surface area (Å²) in [5, 5.41) is 2.89. The molecule has 0 fully saturated rings. The van der Waals surface area contributed by atoms with Crippen LogP contribution in [0.1, 0.15) is 16.1 Å². The number of anilines is 1. The molecule has 0 atom stereocenters.